The van der Waals surface area contributed by atoms with E-state index in [1.165, 1.54) is 12.3 Å². The largest absolute Gasteiger partial charge is 0.388 e. The second kappa shape index (κ2) is 5.27. The summed E-state index contributed by atoms with van der Waals surface area (Å²) in [4.78, 5) is 3.74. The summed E-state index contributed by atoms with van der Waals surface area (Å²) in [5.41, 5.74) is 2.33. The Morgan fingerprint density at radius 1 is 1.39 bits per heavy atom. The first kappa shape index (κ1) is 12.7. The first-order valence-electron chi connectivity index (χ1n) is 5.92. The van der Waals surface area contributed by atoms with Crippen LogP contribution in [0.25, 0.3) is 0 Å². The first-order valence-corrected chi connectivity index (χ1v) is 5.92. The Kier molecular flexibility index (Phi) is 3.72. The topological polar surface area (TPSA) is 50.9 Å². The fraction of sp³-hybridized carbons (Fsp3) is 0.385. The molecule has 4 nitrogen and oxygen atoms in total. The highest BCUT2D eigenvalue weighted by atomic mass is 19.1. The molecule has 96 valence electrons. The van der Waals surface area contributed by atoms with Crippen LogP contribution in [0.2, 0.25) is 0 Å². The van der Waals surface area contributed by atoms with Crippen LogP contribution in [-0.2, 0) is 13.0 Å². The number of hydrogen-bond acceptors (Lipinski definition) is 3. The van der Waals surface area contributed by atoms with E-state index in [0.717, 1.165) is 24.1 Å². The highest BCUT2D eigenvalue weighted by Crippen LogP contribution is 2.18. The Morgan fingerprint density at radius 3 is 2.83 bits per heavy atom. The van der Waals surface area contributed by atoms with Crippen molar-refractivity contribution < 1.29 is 9.50 Å². The van der Waals surface area contributed by atoms with Crippen molar-refractivity contribution in [1.82, 2.24) is 14.8 Å². The summed E-state index contributed by atoms with van der Waals surface area (Å²) in [5.74, 6) is -0.438. The minimum Gasteiger partial charge on any atom is -0.388 e. The van der Waals surface area contributed by atoms with Crippen LogP contribution in [0.1, 0.15) is 30.0 Å². The van der Waals surface area contributed by atoms with Gasteiger partial charge in [-0.25, -0.2) is 4.39 Å². The van der Waals surface area contributed by atoms with Crippen molar-refractivity contribution in [3.63, 3.8) is 0 Å². The number of nitrogens with zero attached hydrogens (tertiary/aromatic N) is 3. The third-order valence-electron chi connectivity index (χ3n) is 2.80. The molecule has 0 saturated carbocycles. The maximum absolute atomic E-state index is 13.0. The molecule has 0 aliphatic rings. The van der Waals surface area contributed by atoms with Gasteiger partial charge in [0.05, 0.1) is 18.0 Å². The highest BCUT2D eigenvalue weighted by Gasteiger charge is 2.13. The summed E-state index contributed by atoms with van der Waals surface area (Å²) < 4.78 is 14.9. The number of hydrogen-bond donors (Lipinski definition) is 1. The normalized spacial score (nSPS) is 12.7. The molecule has 0 radical (unpaired) electrons. The van der Waals surface area contributed by atoms with Gasteiger partial charge in [-0.1, -0.05) is 0 Å². The molecule has 0 aliphatic carbocycles. The summed E-state index contributed by atoms with van der Waals surface area (Å²) in [6.07, 6.45) is 2.23. The zero-order chi connectivity index (χ0) is 13.1. The molecule has 18 heavy (non-hydrogen) atoms. The van der Waals surface area contributed by atoms with Crippen LogP contribution in [0, 0.1) is 12.7 Å². The predicted molar refractivity (Wildman–Crippen MR) is 65.5 cm³/mol. The minimum atomic E-state index is -0.769. The second-order valence-corrected chi connectivity index (χ2v) is 4.25. The Balaban J connectivity index is 2.18. The van der Waals surface area contributed by atoms with Gasteiger partial charge in [0, 0.05) is 30.4 Å². The van der Waals surface area contributed by atoms with E-state index in [4.69, 9.17) is 0 Å². The quantitative estimate of drug-likeness (QED) is 0.902. The molecule has 5 heteroatoms. The number of aromatic nitrogens is 3. The molecule has 2 aromatic heterocycles. The zero-order valence-electron chi connectivity index (χ0n) is 10.5. The zero-order valence-corrected chi connectivity index (χ0v) is 10.5. The van der Waals surface area contributed by atoms with Gasteiger partial charge in [-0.2, -0.15) is 5.10 Å². The van der Waals surface area contributed by atoms with E-state index in [1.54, 1.807) is 0 Å². The molecule has 1 unspecified atom stereocenters. The number of aliphatic hydroxyl groups is 1. The lowest BCUT2D eigenvalue weighted by Crippen LogP contribution is -2.09. The highest BCUT2D eigenvalue weighted by molar-refractivity contribution is 5.17. The van der Waals surface area contributed by atoms with E-state index >= 15 is 0 Å². The molecule has 2 rings (SSSR count). The number of halogens is 1. The standard InChI is InChI=1S/C13H16FN3O/c1-3-17-12(4-9(2)16-17)6-13(18)10-5-11(14)8-15-7-10/h4-5,7-8,13,18H,3,6H2,1-2H3. The van der Waals surface area contributed by atoms with Gasteiger partial charge >= 0.3 is 0 Å². The van der Waals surface area contributed by atoms with Crippen molar-refractivity contribution in [1.29, 1.82) is 0 Å². The van der Waals surface area contributed by atoms with E-state index < -0.39 is 11.9 Å². The van der Waals surface area contributed by atoms with Gasteiger partial charge in [-0.05, 0) is 26.0 Å². The maximum Gasteiger partial charge on any atom is 0.141 e. The molecule has 2 aromatic rings. The molecule has 0 saturated heterocycles. The van der Waals surface area contributed by atoms with Crippen molar-refractivity contribution in [3.8, 4) is 0 Å². The fourth-order valence-electron chi connectivity index (χ4n) is 1.96. The Morgan fingerprint density at radius 2 is 2.17 bits per heavy atom. The van der Waals surface area contributed by atoms with Crippen LogP contribution >= 0.6 is 0 Å². The van der Waals surface area contributed by atoms with Crippen LogP contribution in [0.5, 0.6) is 0 Å². The lowest BCUT2D eigenvalue weighted by atomic mass is 10.1. The molecule has 0 aliphatic heterocycles. The van der Waals surface area contributed by atoms with Gasteiger partial charge in [0.2, 0.25) is 0 Å². The van der Waals surface area contributed by atoms with Crippen LogP contribution in [0.4, 0.5) is 4.39 Å². The number of aryl methyl sites for hydroxylation is 2. The molecule has 1 atom stereocenters. The summed E-state index contributed by atoms with van der Waals surface area (Å²) in [6.45, 7) is 4.65. The average Bonchev–Trinajstić information content (AvgIpc) is 2.69. The van der Waals surface area contributed by atoms with Gasteiger partial charge in [-0.15, -0.1) is 0 Å². The van der Waals surface area contributed by atoms with E-state index in [2.05, 4.69) is 10.1 Å². The number of aliphatic hydroxyl groups excluding tert-OH is 1. The van der Waals surface area contributed by atoms with Gasteiger partial charge in [0.25, 0.3) is 0 Å². The monoisotopic (exact) mass is 249 g/mol. The fourth-order valence-corrected chi connectivity index (χ4v) is 1.96. The van der Waals surface area contributed by atoms with E-state index in [-0.39, 0.29) is 0 Å². The van der Waals surface area contributed by atoms with Gasteiger partial charge in [-0.3, -0.25) is 9.67 Å². The molecule has 0 bridgehead atoms. The van der Waals surface area contributed by atoms with Crippen LogP contribution in [-0.4, -0.2) is 19.9 Å². The molecular weight excluding hydrogens is 233 g/mol. The average molecular weight is 249 g/mol. The smallest absolute Gasteiger partial charge is 0.141 e. The Hall–Kier alpha value is -1.75. The van der Waals surface area contributed by atoms with Crippen molar-refractivity contribution in [2.24, 2.45) is 0 Å². The summed E-state index contributed by atoms with van der Waals surface area (Å²) in [7, 11) is 0. The SMILES string of the molecule is CCn1nc(C)cc1CC(O)c1cncc(F)c1. The molecule has 2 heterocycles. The molecule has 1 N–H and O–H groups in total. The minimum absolute atomic E-state index is 0.403. The van der Waals surface area contributed by atoms with Crippen LogP contribution in [0.3, 0.4) is 0 Å². The molecule has 0 spiro atoms. The summed E-state index contributed by atoms with van der Waals surface area (Å²) in [6, 6.07) is 3.23. The van der Waals surface area contributed by atoms with E-state index in [1.807, 2.05) is 24.6 Å². The third kappa shape index (κ3) is 2.73. The molecule has 0 aromatic carbocycles. The summed E-state index contributed by atoms with van der Waals surface area (Å²) in [5, 5.41) is 14.4. The van der Waals surface area contributed by atoms with Crippen LogP contribution < -0.4 is 0 Å². The lowest BCUT2D eigenvalue weighted by Gasteiger charge is -2.11. The molecule has 0 amide bonds. The number of pyridine rings is 1. The predicted octanol–water partition coefficient (Wildman–Crippen LogP) is 2.02. The van der Waals surface area contributed by atoms with Crippen molar-refractivity contribution in [3.05, 3.63) is 47.3 Å². The Bertz CT molecular complexity index is 539. The Labute approximate surface area is 105 Å². The van der Waals surface area contributed by atoms with Crippen molar-refractivity contribution in [2.75, 3.05) is 0 Å². The third-order valence-corrected chi connectivity index (χ3v) is 2.80. The van der Waals surface area contributed by atoms with Gasteiger partial charge in [0.15, 0.2) is 0 Å². The van der Waals surface area contributed by atoms with Gasteiger partial charge < -0.3 is 5.11 Å². The van der Waals surface area contributed by atoms with Crippen molar-refractivity contribution >= 4 is 0 Å². The molecular formula is C13H16FN3O. The first-order chi connectivity index (χ1) is 8.60. The second-order valence-electron chi connectivity index (χ2n) is 4.25. The maximum atomic E-state index is 13.0. The van der Waals surface area contributed by atoms with E-state index in [9.17, 15) is 9.50 Å². The summed E-state index contributed by atoms with van der Waals surface area (Å²) >= 11 is 0. The number of rotatable bonds is 4. The van der Waals surface area contributed by atoms with Crippen LogP contribution in [0.15, 0.2) is 24.5 Å². The van der Waals surface area contributed by atoms with Crippen molar-refractivity contribution in [2.45, 2.75) is 32.9 Å². The lowest BCUT2D eigenvalue weighted by molar-refractivity contribution is 0.174. The van der Waals surface area contributed by atoms with Gasteiger partial charge in [0.1, 0.15) is 5.82 Å². The molecule has 0 fully saturated rings. The van der Waals surface area contributed by atoms with E-state index in [0.29, 0.717) is 12.0 Å².